The summed E-state index contributed by atoms with van der Waals surface area (Å²) >= 11 is 0. The highest BCUT2D eigenvalue weighted by molar-refractivity contribution is 5.86. The summed E-state index contributed by atoms with van der Waals surface area (Å²) in [5.74, 6) is -4.27. The topological polar surface area (TPSA) is 111 Å². The van der Waals surface area contributed by atoms with Crippen molar-refractivity contribution in [3.05, 3.63) is 52.1 Å². The van der Waals surface area contributed by atoms with Gasteiger partial charge >= 0.3 is 0 Å². The second-order valence-electron chi connectivity index (χ2n) is 8.85. The summed E-state index contributed by atoms with van der Waals surface area (Å²) in [5, 5.41) is 8.25. The average molecular weight is 432 g/mol. The number of halogens is 2. The number of nitrogens with two attached hydrogens (primary N) is 1. The van der Waals surface area contributed by atoms with E-state index in [2.05, 4.69) is 15.2 Å². The zero-order valence-electron chi connectivity index (χ0n) is 17.3. The fourth-order valence-electron chi connectivity index (χ4n) is 4.36. The first-order valence-corrected chi connectivity index (χ1v) is 10.5. The van der Waals surface area contributed by atoms with Gasteiger partial charge in [0.1, 0.15) is 0 Å². The van der Waals surface area contributed by atoms with E-state index in [0.717, 1.165) is 12.8 Å². The first-order valence-electron chi connectivity index (χ1n) is 10.5. The summed E-state index contributed by atoms with van der Waals surface area (Å²) in [6, 6.07) is 5.92. The van der Waals surface area contributed by atoms with Crippen LogP contribution in [-0.4, -0.2) is 33.6 Å². The minimum atomic E-state index is -2.96. The second-order valence-corrected chi connectivity index (χ2v) is 8.85. The molecule has 166 valence electrons. The Kier molecular flexibility index (Phi) is 5.53. The van der Waals surface area contributed by atoms with Crippen molar-refractivity contribution in [2.75, 3.05) is 6.61 Å². The van der Waals surface area contributed by atoms with Gasteiger partial charge in [0.15, 0.2) is 0 Å². The summed E-state index contributed by atoms with van der Waals surface area (Å²) in [6.07, 6.45) is 3.37. The van der Waals surface area contributed by atoms with E-state index in [4.69, 9.17) is 10.5 Å². The van der Waals surface area contributed by atoms with Crippen molar-refractivity contribution in [3.63, 3.8) is 0 Å². The number of carbonyl (C=O) groups excluding carboxylic acids is 1. The van der Waals surface area contributed by atoms with Crippen molar-refractivity contribution >= 4 is 5.91 Å². The molecule has 2 aromatic heterocycles. The maximum atomic E-state index is 14.8. The van der Waals surface area contributed by atoms with Crippen molar-refractivity contribution in [2.24, 2.45) is 17.6 Å². The third kappa shape index (κ3) is 4.31. The molecule has 7 nitrogen and oxygen atoms in total. The molecule has 0 radical (unpaired) electrons. The van der Waals surface area contributed by atoms with Gasteiger partial charge in [-0.25, -0.2) is 8.78 Å². The lowest BCUT2D eigenvalue weighted by Crippen LogP contribution is -2.49. The molecule has 0 saturated heterocycles. The molecule has 0 bridgehead atoms. The maximum Gasteiger partial charge on any atom is 0.254 e. The lowest BCUT2D eigenvalue weighted by atomic mass is 9.63. The molecule has 2 aromatic rings. The van der Waals surface area contributed by atoms with E-state index in [-0.39, 0.29) is 24.8 Å². The highest BCUT2D eigenvalue weighted by atomic mass is 19.3. The number of aromatic amines is 1. The van der Waals surface area contributed by atoms with Gasteiger partial charge < -0.3 is 15.5 Å². The zero-order valence-corrected chi connectivity index (χ0v) is 17.3. The van der Waals surface area contributed by atoms with Crippen LogP contribution in [0.4, 0.5) is 8.78 Å². The molecule has 1 amide bonds. The molecule has 2 heterocycles. The normalized spacial score (nSPS) is 24.9. The van der Waals surface area contributed by atoms with Crippen LogP contribution < -0.4 is 16.0 Å². The molecule has 31 heavy (non-hydrogen) atoms. The fourth-order valence-corrected chi connectivity index (χ4v) is 4.36. The number of nitrogens with one attached hydrogen (secondary N) is 1. The summed E-state index contributed by atoms with van der Waals surface area (Å²) in [5.41, 5.74) is 4.82. The zero-order chi connectivity index (χ0) is 22.2. The van der Waals surface area contributed by atoms with Gasteiger partial charge in [-0.1, -0.05) is 6.07 Å². The Bertz CT molecular complexity index is 986. The minimum absolute atomic E-state index is 0.0279. The number of carbonyl (C=O) groups is 1. The largest absolute Gasteiger partial charge is 0.476 e. The van der Waals surface area contributed by atoms with Crippen LogP contribution in [0.2, 0.25) is 0 Å². The monoisotopic (exact) mass is 432 g/mol. The van der Waals surface area contributed by atoms with Gasteiger partial charge in [-0.05, 0) is 56.1 Å². The smallest absolute Gasteiger partial charge is 0.254 e. The predicted octanol–water partition coefficient (Wildman–Crippen LogP) is 2.92. The van der Waals surface area contributed by atoms with Crippen LogP contribution in [0.3, 0.4) is 0 Å². The number of pyridine rings is 1. The number of primary amides is 1. The lowest BCUT2D eigenvalue weighted by molar-refractivity contribution is -0.129. The predicted molar refractivity (Wildman–Crippen MR) is 109 cm³/mol. The Morgan fingerprint density at radius 2 is 2.03 bits per heavy atom. The second kappa shape index (κ2) is 8.01. The molecule has 2 saturated carbocycles. The Morgan fingerprint density at radius 1 is 1.26 bits per heavy atom. The fraction of sp³-hybridized carbons (Fsp3) is 0.545. The number of ether oxygens (including phenoxy) is 1. The van der Waals surface area contributed by atoms with Crippen molar-refractivity contribution in [3.8, 4) is 5.88 Å². The van der Waals surface area contributed by atoms with Crippen LogP contribution in [0, 0.1) is 11.8 Å². The molecule has 0 aliphatic heterocycles. The molecule has 4 rings (SSSR count). The Balaban J connectivity index is 1.59. The summed E-state index contributed by atoms with van der Waals surface area (Å²) < 4.78 is 35.1. The third-order valence-electron chi connectivity index (χ3n) is 6.73. The van der Waals surface area contributed by atoms with Crippen molar-refractivity contribution in [2.45, 2.75) is 56.3 Å². The number of H-pyrrole nitrogens is 1. The standard InChI is InChI=1S/C22H26F2N4O3/c1-21(20(25)30,17-5-7-19(28-27-17)31-12-13-2-3-13)15-8-9-22(23,24)16(10-15)14-4-6-18(29)26-11-14/h4-7,11,13,15-16H,2-3,8-10,12H2,1H3,(H2,25,30)(H,26,29)/t15?,16-,21?/m1/s1. The van der Waals surface area contributed by atoms with Gasteiger partial charge in [0.2, 0.25) is 17.3 Å². The van der Waals surface area contributed by atoms with Crippen LogP contribution in [0.15, 0.2) is 35.3 Å². The minimum Gasteiger partial charge on any atom is -0.476 e. The Hall–Kier alpha value is -2.84. The molecule has 2 aliphatic rings. The number of hydrogen-bond donors (Lipinski definition) is 2. The summed E-state index contributed by atoms with van der Waals surface area (Å²) in [6.45, 7) is 2.22. The van der Waals surface area contributed by atoms with Crippen LogP contribution in [-0.2, 0) is 10.2 Å². The average Bonchev–Trinajstić information content (AvgIpc) is 3.57. The SMILES string of the molecule is CC(C(N)=O)(c1ccc(OCC2CC2)nn1)C1CCC(F)(F)[C@@H](c2ccc(=O)[nH]c2)C1. The van der Waals surface area contributed by atoms with E-state index in [1.165, 1.54) is 18.3 Å². The van der Waals surface area contributed by atoms with E-state index >= 15 is 0 Å². The highest BCUT2D eigenvalue weighted by Crippen LogP contribution is 2.51. The Morgan fingerprint density at radius 3 is 2.61 bits per heavy atom. The molecule has 3 N–H and O–H groups in total. The highest BCUT2D eigenvalue weighted by Gasteiger charge is 2.52. The Labute approximate surface area is 178 Å². The molecule has 3 atom stereocenters. The van der Waals surface area contributed by atoms with Crippen LogP contribution >= 0.6 is 0 Å². The van der Waals surface area contributed by atoms with Crippen LogP contribution in [0.5, 0.6) is 5.88 Å². The molecule has 2 unspecified atom stereocenters. The van der Waals surface area contributed by atoms with E-state index in [0.29, 0.717) is 29.7 Å². The number of aromatic nitrogens is 3. The number of amides is 1. The van der Waals surface area contributed by atoms with Crippen molar-refractivity contribution in [1.29, 1.82) is 0 Å². The van der Waals surface area contributed by atoms with Gasteiger partial charge in [0.25, 0.3) is 5.92 Å². The van der Waals surface area contributed by atoms with Gasteiger partial charge in [0.05, 0.1) is 17.7 Å². The third-order valence-corrected chi connectivity index (χ3v) is 6.73. The van der Waals surface area contributed by atoms with Crippen molar-refractivity contribution < 1.29 is 18.3 Å². The van der Waals surface area contributed by atoms with E-state index in [1.807, 2.05) is 0 Å². The molecule has 2 aliphatic carbocycles. The van der Waals surface area contributed by atoms with E-state index in [9.17, 15) is 18.4 Å². The van der Waals surface area contributed by atoms with Gasteiger partial charge in [0, 0.05) is 30.7 Å². The van der Waals surface area contributed by atoms with Crippen LogP contribution in [0.1, 0.15) is 56.2 Å². The lowest BCUT2D eigenvalue weighted by Gasteiger charge is -2.42. The number of hydrogen-bond acceptors (Lipinski definition) is 5. The molecule has 0 aromatic carbocycles. The quantitative estimate of drug-likeness (QED) is 0.699. The number of alkyl halides is 2. The number of rotatable bonds is 7. The van der Waals surface area contributed by atoms with E-state index < -0.39 is 29.1 Å². The molecular weight excluding hydrogens is 406 g/mol. The molecule has 9 heteroatoms. The van der Waals surface area contributed by atoms with Gasteiger partial charge in [-0.3, -0.25) is 9.59 Å². The summed E-state index contributed by atoms with van der Waals surface area (Å²) in [7, 11) is 0. The summed E-state index contributed by atoms with van der Waals surface area (Å²) in [4.78, 5) is 26.4. The first kappa shape index (κ1) is 21.4. The van der Waals surface area contributed by atoms with Crippen molar-refractivity contribution in [1.82, 2.24) is 15.2 Å². The van der Waals surface area contributed by atoms with Gasteiger partial charge in [-0.2, -0.15) is 5.10 Å². The first-order chi connectivity index (χ1) is 14.7. The molecular formula is C22H26F2N4O3. The maximum absolute atomic E-state index is 14.8. The van der Waals surface area contributed by atoms with Gasteiger partial charge in [-0.15, -0.1) is 5.10 Å². The van der Waals surface area contributed by atoms with E-state index in [1.54, 1.807) is 19.1 Å². The molecule has 0 spiro atoms. The van der Waals surface area contributed by atoms with Crippen LogP contribution in [0.25, 0.3) is 0 Å². The number of nitrogens with zero attached hydrogens (tertiary/aromatic N) is 2. The molecule has 2 fully saturated rings.